The van der Waals surface area contributed by atoms with Gasteiger partial charge in [0.1, 0.15) is 14.4 Å². The maximum atomic E-state index is 12.3. The van der Waals surface area contributed by atoms with E-state index in [1.54, 1.807) is 6.08 Å². The van der Waals surface area contributed by atoms with Gasteiger partial charge in [0.05, 0.1) is 0 Å². The molecule has 0 bridgehead atoms. The summed E-state index contributed by atoms with van der Waals surface area (Å²) >= 11 is 0. The number of aldehydes is 1. The molecule has 2 nitrogen and oxygen atoms in total. The molecular weight excluding hydrogens is 400 g/mol. The summed E-state index contributed by atoms with van der Waals surface area (Å²) in [7, 11) is -4.52. The average molecular weight is 435 g/mol. The second-order valence-electron chi connectivity index (χ2n) is 9.57. The van der Waals surface area contributed by atoms with Gasteiger partial charge in [0.15, 0.2) is 0 Å². The summed E-state index contributed by atoms with van der Waals surface area (Å²) in [5.41, 5.74) is 3.43. The SMILES string of the molecule is CC(C)(C[C@@H](/C=C/C=O)CC#C[Si](C)(C)C)[Si](O)(c1ccccc1)c1ccccc1. The summed E-state index contributed by atoms with van der Waals surface area (Å²) in [6, 6.07) is 20.1. The molecule has 0 heterocycles. The topological polar surface area (TPSA) is 37.3 Å². The second-order valence-corrected chi connectivity index (χ2v) is 18.2. The molecule has 1 atom stereocenters. The van der Waals surface area contributed by atoms with Crippen LogP contribution in [0.5, 0.6) is 0 Å². The molecule has 4 heteroatoms. The Bertz CT molecular complexity index is 861. The number of benzene rings is 2. The van der Waals surface area contributed by atoms with Crippen molar-refractivity contribution >= 4 is 33.1 Å². The first kappa shape index (κ1) is 24.1. The summed E-state index contributed by atoms with van der Waals surface area (Å²) in [5.74, 6) is 3.48. The van der Waals surface area contributed by atoms with Crippen LogP contribution < -0.4 is 10.4 Å². The van der Waals surface area contributed by atoms with Gasteiger partial charge in [-0.1, -0.05) is 100 Å². The first-order valence-electron chi connectivity index (χ1n) is 10.6. The molecule has 0 spiro atoms. The maximum absolute atomic E-state index is 12.3. The van der Waals surface area contributed by atoms with Crippen LogP contribution in [0.4, 0.5) is 0 Å². The van der Waals surface area contributed by atoms with Gasteiger partial charge >= 0.3 is 0 Å². The predicted octanol–water partition coefficient (Wildman–Crippen LogP) is 4.55. The maximum Gasteiger partial charge on any atom is 0.258 e. The fraction of sp³-hybridized carbons (Fsp3) is 0.346. The third-order valence-corrected chi connectivity index (χ3v) is 10.9. The summed E-state index contributed by atoms with van der Waals surface area (Å²) in [6.45, 7) is 11.0. The van der Waals surface area contributed by atoms with Gasteiger partial charge in [-0.25, -0.2) is 0 Å². The minimum Gasteiger partial charge on any atom is -0.424 e. The van der Waals surface area contributed by atoms with Crippen LogP contribution in [0.2, 0.25) is 24.7 Å². The van der Waals surface area contributed by atoms with Gasteiger partial charge in [-0.2, -0.15) is 0 Å². The zero-order valence-electron chi connectivity index (χ0n) is 18.9. The van der Waals surface area contributed by atoms with E-state index in [2.05, 4.69) is 45.0 Å². The Morgan fingerprint density at radius 2 is 1.47 bits per heavy atom. The van der Waals surface area contributed by atoms with Gasteiger partial charge in [-0.15, -0.1) is 11.5 Å². The molecule has 0 aliphatic heterocycles. The fourth-order valence-electron chi connectivity index (χ4n) is 3.97. The van der Waals surface area contributed by atoms with E-state index in [4.69, 9.17) is 0 Å². The number of allylic oxidation sites excluding steroid dienone is 2. The van der Waals surface area contributed by atoms with Gasteiger partial charge in [0.2, 0.25) is 0 Å². The molecule has 158 valence electrons. The molecule has 1 N–H and O–H groups in total. The second kappa shape index (κ2) is 10.2. The molecule has 0 aromatic heterocycles. The molecule has 0 unspecified atom stereocenters. The number of hydrogen-bond donors (Lipinski definition) is 1. The van der Waals surface area contributed by atoms with Gasteiger partial charge < -0.3 is 4.80 Å². The largest absolute Gasteiger partial charge is 0.424 e. The van der Waals surface area contributed by atoms with Gasteiger partial charge in [0.25, 0.3) is 8.32 Å². The molecule has 0 amide bonds. The lowest BCUT2D eigenvalue weighted by Crippen LogP contribution is -2.65. The van der Waals surface area contributed by atoms with Crippen LogP contribution in [0, 0.1) is 17.4 Å². The monoisotopic (exact) mass is 434 g/mol. The van der Waals surface area contributed by atoms with Gasteiger partial charge in [-0.3, -0.25) is 4.79 Å². The highest BCUT2D eigenvalue weighted by molar-refractivity contribution is 6.98. The van der Waals surface area contributed by atoms with Crippen LogP contribution in [0.1, 0.15) is 26.7 Å². The highest BCUT2D eigenvalue weighted by atomic mass is 28.4. The molecule has 0 aliphatic carbocycles. The first-order chi connectivity index (χ1) is 14.1. The molecule has 30 heavy (non-hydrogen) atoms. The molecule has 0 aliphatic rings. The van der Waals surface area contributed by atoms with E-state index in [0.717, 1.165) is 23.1 Å². The minimum atomic E-state index is -3.07. The number of carbonyl (C=O) groups is 1. The lowest BCUT2D eigenvalue weighted by molar-refractivity contribution is -0.104. The molecular formula is C26H34O2Si2. The predicted molar refractivity (Wildman–Crippen MR) is 133 cm³/mol. The summed E-state index contributed by atoms with van der Waals surface area (Å²) < 4.78 is 0. The standard InChI is InChI=1S/C26H34O2Si2/c1-26(2,22-23(14-12-20-27)15-13-21-29(3,4)5)30(28,24-16-8-6-9-17-24)25-18-10-7-11-19-25/h6-12,14,16-20,23,28H,15,22H2,1-5H3/b14-12+/t23-/m0/s1. The Labute approximate surface area is 184 Å². The van der Waals surface area contributed by atoms with Crippen molar-refractivity contribution in [1.29, 1.82) is 0 Å². The molecule has 2 rings (SSSR count). The van der Waals surface area contributed by atoms with E-state index in [-0.39, 0.29) is 11.0 Å². The zero-order chi connectivity index (χ0) is 22.3. The Morgan fingerprint density at radius 1 is 0.967 bits per heavy atom. The van der Waals surface area contributed by atoms with Crippen molar-refractivity contribution in [3.8, 4) is 11.5 Å². The van der Waals surface area contributed by atoms with E-state index >= 15 is 0 Å². The van der Waals surface area contributed by atoms with Crippen molar-refractivity contribution in [1.82, 2.24) is 0 Å². The highest BCUT2D eigenvalue weighted by Crippen LogP contribution is 2.42. The molecule has 2 aromatic rings. The van der Waals surface area contributed by atoms with Crippen LogP contribution in [-0.4, -0.2) is 27.5 Å². The number of hydrogen-bond acceptors (Lipinski definition) is 2. The normalized spacial score (nSPS) is 13.5. The third-order valence-electron chi connectivity index (χ3n) is 5.42. The van der Waals surface area contributed by atoms with Crippen molar-refractivity contribution < 1.29 is 9.59 Å². The van der Waals surface area contributed by atoms with E-state index in [0.29, 0.717) is 6.42 Å². The summed E-state index contributed by atoms with van der Waals surface area (Å²) in [4.78, 5) is 23.3. The quantitative estimate of drug-likeness (QED) is 0.286. The minimum absolute atomic E-state index is 0.112. The molecule has 0 radical (unpaired) electrons. The zero-order valence-corrected chi connectivity index (χ0v) is 20.9. The van der Waals surface area contributed by atoms with Crippen LogP contribution in [0.3, 0.4) is 0 Å². The van der Waals surface area contributed by atoms with Gasteiger partial charge in [0, 0.05) is 6.42 Å². The lowest BCUT2D eigenvalue weighted by atomic mass is 9.93. The van der Waals surface area contributed by atoms with Crippen LogP contribution in [-0.2, 0) is 4.79 Å². The molecule has 0 saturated carbocycles. The fourth-order valence-corrected chi connectivity index (χ4v) is 8.40. The third kappa shape index (κ3) is 6.15. The van der Waals surface area contributed by atoms with Gasteiger partial charge in [-0.05, 0) is 33.8 Å². The van der Waals surface area contributed by atoms with E-state index in [9.17, 15) is 9.59 Å². The number of rotatable bonds is 8. The van der Waals surface area contributed by atoms with Crippen molar-refractivity contribution in [2.75, 3.05) is 0 Å². The van der Waals surface area contributed by atoms with Crippen LogP contribution in [0.15, 0.2) is 72.8 Å². The molecule has 0 saturated heterocycles. The van der Waals surface area contributed by atoms with Crippen LogP contribution >= 0.6 is 0 Å². The van der Waals surface area contributed by atoms with E-state index in [1.807, 2.05) is 66.7 Å². The Morgan fingerprint density at radius 3 is 1.90 bits per heavy atom. The Kier molecular flexibility index (Phi) is 8.20. The molecule has 2 aromatic carbocycles. The van der Waals surface area contributed by atoms with Crippen molar-refractivity contribution in [3.63, 3.8) is 0 Å². The Balaban J connectivity index is 2.46. The average Bonchev–Trinajstić information content (AvgIpc) is 2.71. The highest BCUT2D eigenvalue weighted by Gasteiger charge is 2.50. The summed E-state index contributed by atoms with van der Waals surface area (Å²) in [6.07, 6.45) is 5.81. The lowest BCUT2D eigenvalue weighted by Gasteiger charge is -2.42. The summed E-state index contributed by atoms with van der Waals surface area (Å²) in [5, 5.41) is 1.65. The van der Waals surface area contributed by atoms with E-state index < -0.39 is 16.4 Å². The molecule has 0 fully saturated rings. The number of carbonyl (C=O) groups excluding carboxylic acids is 1. The first-order valence-corrected chi connectivity index (χ1v) is 16.0. The van der Waals surface area contributed by atoms with Crippen molar-refractivity contribution in [2.45, 2.75) is 51.4 Å². The van der Waals surface area contributed by atoms with Crippen molar-refractivity contribution in [2.24, 2.45) is 5.92 Å². The Hall–Kier alpha value is -2.20. The van der Waals surface area contributed by atoms with Crippen LogP contribution in [0.25, 0.3) is 0 Å². The van der Waals surface area contributed by atoms with E-state index in [1.165, 1.54) is 0 Å². The van der Waals surface area contributed by atoms with Crippen molar-refractivity contribution in [3.05, 3.63) is 72.8 Å². The smallest absolute Gasteiger partial charge is 0.258 e.